The molecule has 1 heterocycles. The fourth-order valence-electron chi connectivity index (χ4n) is 1.37. The molecule has 2 N–H and O–H groups in total. The molecule has 0 spiro atoms. The van der Waals surface area contributed by atoms with Crippen molar-refractivity contribution >= 4 is 0 Å². The van der Waals surface area contributed by atoms with Gasteiger partial charge in [-0.1, -0.05) is 5.21 Å². The van der Waals surface area contributed by atoms with Crippen LogP contribution in [0.15, 0.2) is 6.20 Å². The van der Waals surface area contributed by atoms with E-state index < -0.39 is 0 Å². The zero-order valence-electron chi connectivity index (χ0n) is 10.1. The van der Waals surface area contributed by atoms with Gasteiger partial charge in [-0.2, -0.15) is 0 Å². The first-order chi connectivity index (χ1) is 7.76. The first kappa shape index (κ1) is 13.1. The van der Waals surface area contributed by atoms with E-state index in [9.17, 15) is 0 Å². The molecule has 0 unspecified atom stereocenters. The number of ether oxygens (including phenoxy) is 1. The quantitative estimate of drug-likeness (QED) is 0.618. The number of rotatable bonds is 8. The van der Waals surface area contributed by atoms with Crippen molar-refractivity contribution in [2.45, 2.75) is 20.0 Å². The Morgan fingerprint density at radius 3 is 3.06 bits per heavy atom. The lowest BCUT2D eigenvalue weighted by molar-refractivity contribution is 0.120. The van der Waals surface area contributed by atoms with Gasteiger partial charge in [0, 0.05) is 32.4 Å². The topological polar surface area (TPSA) is 69.2 Å². The zero-order valence-corrected chi connectivity index (χ0v) is 10.1. The van der Waals surface area contributed by atoms with Crippen LogP contribution < -0.4 is 5.73 Å². The molecule has 0 radical (unpaired) electrons. The van der Waals surface area contributed by atoms with Gasteiger partial charge in [0.2, 0.25) is 0 Å². The Labute approximate surface area is 96.4 Å². The lowest BCUT2D eigenvalue weighted by Gasteiger charge is -2.14. The van der Waals surface area contributed by atoms with Gasteiger partial charge in [-0.05, 0) is 14.0 Å². The summed E-state index contributed by atoms with van der Waals surface area (Å²) in [6.07, 6.45) is 1.93. The maximum Gasteiger partial charge on any atom is 0.0967 e. The van der Waals surface area contributed by atoms with Crippen LogP contribution in [0.2, 0.25) is 0 Å². The average Bonchev–Trinajstić information content (AvgIpc) is 2.66. The molecule has 6 nitrogen and oxygen atoms in total. The second-order valence-electron chi connectivity index (χ2n) is 3.70. The van der Waals surface area contributed by atoms with Crippen LogP contribution in [0.1, 0.15) is 12.6 Å². The minimum Gasteiger partial charge on any atom is -0.380 e. The highest BCUT2D eigenvalue weighted by molar-refractivity contribution is 4.91. The molecule has 1 rings (SSSR count). The molecular weight excluding hydrogens is 206 g/mol. The second-order valence-corrected chi connectivity index (χ2v) is 3.70. The normalized spacial score (nSPS) is 11.2. The zero-order chi connectivity index (χ0) is 11.8. The van der Waals surface area contributed by atoms with E-state index in [1.54, 1.807) is 4.68 Å². The predicted molar refractivity (Wildman–Crippen MR) is 61.9 cm³/mol. The van der Waals surface area contributed by atoms with E-state index in [1.165, 1.54) is 0 Å². The molecule has 0 saturated carbocycles. The molecule has 1 aromatic heterocycles. The van der Waals surface area contributed by atoms with Gasteiger partial charge in [0.1, 0.15) is 0 Å². The molecule has 0 aromatic carbocycles. The van der Waals surface area contributed by atoms with E-state index in [0.29, 0.717) is 6.54 Å². The lowest BCUT2D eigenvalue weighted by atomic mass is 10.4. The third-order valence-electron chi connectivity index (χ3n) is 2.20. The molecule has 0 fully saturated rings. The Bertz CT molecular complexity index is 288. The monoisotopic (exact) mass is 227 g/mol. The van der Waals surface area contributed by atoms with Crippen LogP contribution in [-0.2, 0) is 17.8 Å². The maximum atomic E-state index is 5.44. The number of hydrogen-bond acceptors (Lipinski definition) is 5. The van der Waals surface area contributed by atoms with Crippen molar-refractivity contribution in [3.05, 3.63) is 11.9 Å². The first-order valence-electron chi connectivity index (χ1n) is 5.61. The molecule has 1 aromatic rings. The number of nitrogens with two attached hydrogens (primary N) is 1. The van der Waals surface area contributed by atoms with E-state index in [2.05, 4.69) is 15.2 Å². The molecule has 0 amide bonds. The van der Waals surface area contributed by atoms with Crippen molar-refractivity contribution in [2.75, 3.05) is 33.4 Å². The molecular formula is C10H21N5O. The van der Waals surface area contributed by atoms with Crippen LogP contribution in [0.3, 0.4) is 0 Å². The summed E-state index contributed by atoms with van der Waals surface area (Å²) in [5.74, 6) is 0. The maximum absolute atomic E-state index is 5.44. The fraction of sp³-hybridized carbons (Fsp3) is 0.800. The van der Waals surface area contributed by atoms with Crippen molar-refractivity contribution in [3.63, 3.8) is 0 Å². The van der Waals surface area contributed by atoms with Crippen molar-refractivity contribution < 1.29 is 4.74 Å². The smallest absolute Gasteiger partial charge is 0.0967 e. The molecule has 16 heavy (non-hydrogen) atoms. The Kier molecular flexibility index (Phi) is 5.99. The summed E-state index contributed by atoms with van der Waals surface area (Å²) in [6, 6.07) is 0. The highest BCUT2D eigenvalue weighted by Crippen LogP contribution is 1.98. The van der Waals surface area contributed by atoms with E-state index >= 15 is 0 Å². The summed E-state index contributed by atoms with van der Waals surface area (Å²) in [6.45, 7) is 6.51. The lowest BCUT2D eigenvalue weighted by Crippen LogP contribution is -2.23. The standard InChI is InChI=1S/C10H21N5O/c1-3-16-7-6-14(2)8-10-9-15(5-4-11)13-12-10/h9H,3-8,11H2,1-2H3. The Morgan fingerprint density at radius 1 is 1.56 bits per heavy atom. The molecule has 6 heteroatoms. The minimum atomic E-state index is 0.586. The fourth-order valence-corrected chi connectivity index (χ4v) is 1.37. The SMILES string of the molecule is CCOCCN(C)Cc1cn(CCN)nn1. The van der Waals surface area contributed by atoms with E-state index in [4.69, 9.17) is 10.5 Å². The van der Waals surface area contributed by atoms with E-state index in [-0.39, 0.29) is 0 Å². The molecule has 0 atom stereocenters. The van der Waals surface area contributed by atoms with Crippen molar-refractivity contribution in [3.8, 4) is 0 Å². The summed E-state index contributed by atoms with van der Waals surface area (Å²) in [7, 11) is 2.04. The van der Waals surface area contributed by atoms with Crippen molar-refractivity contribution in [1.82, 2.24) is 19.9 Å². The van der Waals surface area contributed by atoms with Crippen molar-refractivity contribution in [2.24, 2.45) is 5.73 Å². The van der Waals surface area contributed by atoms with Gasteiger partial charge in [0.15, 0.2) is 0 Å². The largest absolute Gasteiger partial charge is 0.380 e. The van der Waals surface area contributed by atoms with Gasteiger partial charge in [-0.3, -0.25) is 9.58 Å². The summed E-state index contributed by atoms with van der Waals surface area (Å²) in [4.78, 5) is 2.16. The van der Waals surface area contributed by atoms with Crippen LogP contribution in [0, 0.1) is 0 Å². The minimum absolute atomic E-state index is 0.586. The van der Waals surface area contributed by atoms with Crippen molar-refractivity contribution in [1.29, 1.82) is 0 Å². The highest BCUT2D eigenvalue weighted by Gasteiger charge is 2.04. The summed E-state index contributed by atoms with van der Waals surface area (Å²) in [5, 5.41) is 8.06. The van der Waals surface area contributed by atoms with Crippen LogP contribution in [-0.4, -0.2) is 53.2 Å². The predicted octanol–water partition coefficient (Wildman–Crippen LogP) is -0.295. The number of hydrogen-bond donors (Lipinski definition) is 1. The van der Waals surface area contributed by atoms with Gasteiger partial charge >= 0.3 is 0 Å². The third kappa shape index (κ3) is 4.69. The summed E-state index contributed by atoms with van der Waals surface area (Å²) < 4.78 is 7.06. The molecule has 0 aliphatic rings. The Hall–Kier alpha value is -0.980. The molecule has 0 aliphatic heterocycles. The van der Waals surface area contributed by atoms with Gasteiger partial charge in [-0.25, -0.2) is 0 Å². The Balaban J connectivity index is 2.28. The van der Waals surface area contributed by atoms with Gasteiger partial charge < -0.3 is 10.5 Å². The van der Waals surface area contributed by atoms with E-state index in [0.717, 1.165) is 38.5 Å². The van der Waals surface area contributed by atoms with Gasteiger partial charge in [-0.15, -0.1) is 5.10 Å². The van der Waals surface area contributed by atoms with Crippen LogP contribution in [0.25, 0.3) is 0 Å². The third-order valence-corrected chi connectivity index (χ3v) is 2.20. The number of likely N-dealkylation sites (N-methyl/N-ethyl adjacent to an activating group) is 1. The molecule has 0 saturated heterocycles. The van der Waals surface area contributed by atoms with E-state index in [1.807, 2.05) is 20.2 Å². The highest BCUT2D eigenvalue weighted by atomic mass is 16.5. The second kappa shape index (κ2) is 7.32. The molecule has 92 valence electrons. The average molecular weight is 227 g/mol. The number of nitrogens with zero attached hydrogens (tertiary/aromatic N) is 4. The van der Waals surface area contributed by atoms with Crippen LogP contribution in [0.5, 0.6) is 0 Å². The Morgan fingerprint density at radius 2 is 2.38 bits per heavy atom. The summed E-state index contributed by atoms with van der Waals surface area (Å²) in [5.41, 5.74) is 6.40. The van der Waals surface area contributed by atoms with Gasteiger partial charge in [0.25, 0.3) is 0 Å². The van der Waals surface area contributed by atoms with Crippen LogP contribution in [0.4, 0.5) is 0 Å². The number of aromatic nitrogens is 3. The molecule has 0 bridgehead atoms. The first-order valence-corrected chi connectivity index (χ1v) is 5.61. The van der Waals surface area contributed by atoms with Crippen LogP contribution >= 0.6 is 0 Å². The summed E-state index contributed by atoms with van der Waals surface area (Å²) >= 11 is 0. The van der Waals surface area contributed by atoms with Gasteiger partial charge in [0.05, 0.1) is 18.8 Å². The molecule has 0 aliphatic carbocycles.